The number of carbonyl (C=O) groups excluding carboxylic acids is 3. The summed E-state index contributed by atoms with van der Waals surface area (Å²) in [6.07, 6.45) is -6.20. The molecule has 5 nitrogen and oxygen atoms in total. The molecule has 0 unspecified atom stereocenters. The number of pyridine rings is 1. The number of carbonyl (C=O) groups is 3. The Kier molecular flexibility index (Phi) is 7.92. The van der Waals surface area contributed by atoms with Crippen LogP contribution in [0, 0.1) is 5.41 Å². The van der Waals surface area contributed by atoms with Gasteiger partial charge >= 0.3 is 6.18 Å². The monoisotopic (exact) mass is 558 g/mol. The molecule has 0 atom stereocenters. The fourth-order valence-electron chi connectivity index (χ4n) is 4.48. The molecule has 0 aliphatic carbocycles. The van der Waals surface area contributed by atoms with Gasteiger partial charge < -0.3 is 4.90 Å². The first-order chi connectivity index (χ1) is 18.6. The minimum atomic E-state index is -4.56. The molecule has 40 heavy (non-hydrogen) atoms. The van der Waals surface area contributed by atoms with E-state index < -0.39 is 41.0 Å². The van der Waals surface area contributed by atoms with Gasteiger partial charge in [0.15, 0.2) is 5.78 Å². The van der Waals surface area contributed by atoms with Crippen LogP contribution < -0.4 is 4.90 Å². The van der Waals surface area contributed by atoms with E-state index in [9.17, 15) is 36.3 Å². The van der Waals surface area contributed by atoms with Crippen molar-refractivity contribution >= 4 is 23.2 Å². The highest BCUT2D eigenvalue weighted by Gasteiger charge is 2.34. The number of benzene rings is 2. The van der Waals surface area contributed by atoms with Gasteiger partial charge in [-0.15, -0.1) is 0 Å². The number of Topliss-reactive ketones (excluding diaryl/α,β-unsaturated/α-hetero) is 2. The average molecular weight is 559 g/mol. The van der Waals surface area contributed by atoms with E-state index in [-0.39, 0.29) is 48.4 Å². The van der Waals surface area contributed by atoms with Crippen LogP contribution in [0.25, 0.3) is 0 Å². The highest BCUT2D eigenvalue weighted by Crippen LogP contribution is 2.35. The minimum absolute atomic E-state index is 0.0136. The van der Waals surface area contributed by atoms with Gasteiger partial charge in [0, 0.05) is 41.3 Å². The lowest BCUT2D eigenvalue weighted by Gasteiger charge is -2.17. The second kappa shape index (κ2) is 10.9. The molecule has 0 N–H and O–H groups in total. The van der Waals surface area contributed by atoms with Crippen molar-refractivity contribution in [1.29, 1.82) is 0 Å². The normalized spacial score (nSPS) is 13.6. The standard InChI is InChI=1S/C30H27F5N2O3/c1-29(2,3)25(39)10-8-18-12-23(26(27(31)32)36-15-18)24(38)13-17-7-9-19-16-37(28(40)22(19)11-17)21-6-4-5-20(14-21)30(33,34)35/h4-7,9,11-12,14-15,27H,8,10,13,16H2,1-3H3. The third-order valence-electron chi connectivity index (χ3n) is 6.79. The number of amides is 1. The van der Waals surface area contributed by atoms with Crippen LogP contribution in [0.3, 0.4) is 0 Å². The number of aryl methyl sites for hydroxylation is 1. The highest BCUT2D eigenvalue weighted by molar-refractivity contribution is 6.10. The molecule has 1 aliphatic heterocycles. The van der Waals surface area contributed by atoms with Gasteiger partial charge in [0.2, 0.25) is 0 Å². The first kappa shape index (κ1) is 29.0. The third kappa shape index (κ3) is 6.26. The Morgan fingerprint density at radius 2 is 1.73 bits per heavy atom. The van der Waals surface area contributed by atoms with Gasteiger partial charge in [-0.3, -0.25) is 19.4 Å². The number of alkyl halides is 5. The van der Waals surface area contributed by atoms with Crippen LogP contribution in [0.4, 0.5) is 27.6 Å². The zero-order valence-electron chi connectivity index (χ0n) is 22.1. The number of anilines is 1. The van der Waals surface area contributed by atoms with Gasteiger partial charge in [-0.25, -0.2) is 8.78 Å². The van der Waals surface area contributed by atoms with E-state index in [0.717, 1.165) is 12.1 Å². The Morgan fingerprint density at radius 1 is 1.00 bits per heavy atom. The first-order valence-corrected chi connectivity index (χ1v) is 12.6. The zero-order chi connectivity index (χ0) is 29.4. The number of ketones is 2. The second-order valence-corrected chi connectivity index (χ2v) is 10.8. The van der Waals surface area contributed by atoms with Crippen LogP contribution in [0.1, 0.15) is 82.3 Å². The summed E-state index contributed by atoms with van der Waals surface area (Å²) >= 11 is 0. The van der Waals surface area contributed by atoms with Gasteiger partial charge in [0.25, 0.3) is 12.3 Å². The Labute approximate surface area is 228 Å². The summed E-state index contributed by atoms with van der Waals surface area (Å²) in [4.78, 5) is 43.5. The molecule has 0 radical (unpaired) electrons. The van der Waals surface area contributed by atoms with Crippen molar-refractivity contribution in [3.63, 3.8) is 0 Å². The molecule has 1 amide bonds. The summed E-state index contributed by atoms with van der Waals surface area (Å²) in [5, 5.41) is 0. The van der Waals surface area contributed by atoms with E-state index in [1.165, 1.54) is 35.4 Å². The van der Waals surface area contributed by atoms with Gasteiger partial charge in [-0.1, -0.05) is 39.0 Å². The van der Waals surface area contributed by atoms with E-state index in [1.54, 1.807) is 32.9 Å². The number of fused-ring (bicyclic) bond motifs is 1. The lowest BCUT2D eigenvalue weighted by Crippen LogP contribution is -2.23. The smallest absolute Gasteiger partial charge is 0.304 e. The van der Waals surface area contributed by atoms with Crippen LogP contribution in [0.2, 0.25) is 0 Å². The molecule has 1 aliphatic rings. The van der Waals surface area contributed by atoms with Crippen molar-refractivity contribution in [3.8, 4) is 0 Å². The molecular weight excluding hydrogens is 531 g/mol. The minimum Gasteiger partial charge on any atom is -0.304 e. The summed E-state index contributed by atoms with van der Waals surface area (Å²) in [5.74, 6) is -1.17. The molecule has 4 rings (SSSR count). The molecule has 210 valence electrons. The largest absolute Gasteiger partial charge is 0.416 e. The van der Waals surface area contributed by atoms with Crippen molar-refractivity contribution in [2.45, 2.75) is 59.2 Å². The molecule has 10 heteroatoms. The van der Waals surface area contributed by atoms with Crippen molar-refractivity contribution < 1.29 is 36.3 Å². The average Bonchev–Trinajstić information content (AvgIpc) is 3.21. The van der Waals surface area contributed by atoms with Crippen molar-refractivity contribution in [2.75, 3.05) is 4.90 Å². The molecule has 0 saturated heterocycles. The predicted octanol–water partition coefficient (Wildman–Crippen LogP) is 7.17. The molecule has 0 bridgehead atoms. The number of nitrogens with zero attached hydrogens (tertiary/aromatic N) is 2. The fourth-order valence-corrected chi connectivity index (χ4v) is 4.48. The Morgan fingerprint density at radius 3 is 2.38 bits per heavy atom. The third-order valence-corrected chi connectivity index (χ3v) is 6.79. The van der Waals surface area contributed by atoms with Crippen LogP contribution in [0.5, 0.6) is 0 Å². The lowest BCUT2D eigenvalue weighted by molar-refractivity contribution is -0.137. The van der Waals surface area contributed by atoms with Crippen LogP contribution in [-0.2, 0) is 30.4 Å². The van der Waals surface area contributed by atoms with Gasteiger partial charge in [-0.05, 0) is 53.4 Å². The summed E-state index contributed by atoms with van der Waals surface area (Å²) in [6, 6.07) is 10.4. The Balaban J connectivity index is 1.54. The van der Waals surface area contributed by atoms with Gasteiger partial charge in [-0.2, -0.15) is 13.2 Å². The molecule has 3 aromatic rings. The predicted molar refractivity (Wildman–Crippen MR) is 138 cm³/mol. The zero-order valence-corrected chi connectivity index (χ0v) is 22.1. The molecule has 0 fully saturated rings. The Hall–Kier alpha value is -3.95. The first-order valence-electron chi connectivity index (χ1n) is 12.6. The quantitative estimate of drug-likeness (QED) is 0.217. The molecule has 2 heterocycles. The van der Waals surface area contributed by atoms with E-state index in [2.05, 4.69) is 4.98 Å². The molecule has 2 aromatic carbocycles. The maximum absolute atomic E-state index is 13.7. The number of aromatic nitrogens is 1. The summed E-state index contributed by atoms with van der Waals surface area (Å²) in [7, 11) is 0. The van der Waals surface area contributed by atoms with Crippen LogP contribution in [0.15, 0.2) is 54.7 Å². The summed E-state index contributed by atoms with van der Waals surface area (Å²) in [5.41, 5.74) is -0.615. The second-order valence-electron chi connectivity index (χ2n) is 10.8. The van der Waals surface area contributed by atoms with E-state index in [4.69, 9.17) is 0 Å². The molecular formula is C30H27F5N2O3. The number of hydrogen-bond donors (Lipinski definition) is 0. The van der Waals surface area contributed by atoms with Crippen LogP contribution >= 0.6 is 0 Å². The Bertz CT molecular complexity index is 1470. The van der Waals surface area contributed by atoms with E-state index in [0.29, 0.717) is 16.7 Å². The van der Waals surface area contributed by atoms with E-state index in [1.807, 2.05) is 0 Å². The van der Waals surface area contributed by atoms with Crippen LogP contribution in [-0.4, -0.2) is 22.5 Å². The highest BCUT2D eigenvalue weighted by atomic mass is 19.4. The number of halogens is 5. The summed E-state index contributed by atoms with van der Waals surface area (Å²) in [6.45, 7) is 5.40. The van der Waals surface area contributed by atoms with Gasteiger partial charge in [0.05, 0.1) is 12.1 Å². The maximum atomic E-state index is 13.7. The number of hydrogen-bond acceptors (Lipinski definition) is 4. The SMILES string of the molecule is CC(C)(C)C(=O)CCc1cnc(C(F)F)c(C(=O)Cc2ccc3c(c2)C(=O)N(c2cccc(C(F)(F)F)c2)C3)c1. The maximum Gasteiger partial charge on any atom is 0.416 e. The number of rotatable bonds is 8. The lowest BCUT2D eigenvalue weighted by atomic mass is 9.87. The molecule has 1 aromatic heterocycles. The summed E-state index contributed by atoms with van der Waals surface area (Å²) < 4.78 is 66.8. The topological polar surface area (TPSA) is 67.3 Å². The van der Waals surface area contributed by atoms with E-state index >= 15 is 0 Å². The molecule has 0 spiro atoms. The van der Waals surface area contributed by atoms with Crippen molar-refractivity contribution in [1.82, 2.24) is 4.98 Å². The fraction of sp³-hybridized carbons (Fsp3) is 0.333. The van der Waals surface area contributed by atoms with Crippen molar-refractivity contribution in [2.24, 2.45) is 5.41 Å². The molecule has 0 saturated carbocycles. The van der Waals surface area contributed by atoms with Gasteiger partial charge in [0.1, 0.15) is 11.5 Å². The van der Waals surface area contributed by atoms with Crippen molar-refractivity contribution in [3.05, 3.63) is 93.8 Å².